The third-order valence-corrected chi connectivity index (χ3v) is 3.92. The van der Waals surface area contributed by atoms with Gasteiger partial charge < -0.3 is 0 Å². The van der Waals surface area contributed by atoms with E-state index in [1.165, 1.54) is 30.4 Å². The average Bonchev–Trinajstić information content (AvgIpc) is 2.95. The molecule has 0 saturated heterocycles. The summed E-state index contributed by atoms with van der Waals surface area (Å²) in [6.45, 7) is 5.97. The summed E-state index contributed by atoms with van der Waals surface area (Å²) in [6.07, 6.45) is 8.24. The molecular formula is C21H24. The lowest BCUT2D eigenvalue weighted by Gasteiger charge is -2.03. The van der Waals surface area contributed by atoms with Crippen molar-refractivity contribution < 1.29 is 0 Å². The lowest BCUT2D eigenvalue weighted by atomic mass is 10.0. The van der Waals surface area contributed by atoms with Gasteiger partial charge in [0.05, 0.1) is 0 Å². The first kappa shape index (κ1) is 15.3. The van der Waals surface area contributed by atoms with Crippen LogP contribution in [-0.2, 0) is 0 Å². The lowest BCUT2D eigenvalue weighted by molar-refractivity contribution is 0.698. The largest absolute Gasteiger partial charge is 0.0985 e. The van der Waals surface area contributed by atoms with Crippen molar-refractivity contribution in [1.29, 1.82) is 0 Å². The predicted molar refractivity (Wildman–Crippen MR) is 94.0 cm³/mol. The molecule has 0 N–H and O–H groups in total. The molecule has 1 aliphatic carbocycles. The van der Waals surface area contributed by atoms with Crippen LogP contribution in [-0.4, -0.2) is 0 Å². The van der Waals surface area contributed by atoms with Crippen LogP contribution in [0, 0.1) is 5.92 Å². The van der Waals surface area contributed by atoms with Gasteiger partial charge in [0.15, 0.2) is 0 Å². The third kappa shape index (κ3) is 5.07. The summed E-state index contributed by atoms with van der Waals surface area (Å²) in [4.78, 5) is 0. The molecule has 0 bridgehead atoms. The quantitative estimate of drug-likeness (QED) is 0.611. The van der Waals surface area contributed by atoms with E-state index in [0.717, 1.165) is 5.92 Å². The van der Waals surface area contributed by atoms with Crippen molar-refractivity contribution in [3.05, 3.63) is 83.9 Å². The summed E-state index contributed by atoms with van der Waals surface area (Å²) in [6, 6.07) is 20.7. The second kappa shape index (κ2) is 8.26. The van der Waals surface area contributed by atoms with Crippen molar-refractivity contribution in [3.63, 3.8) is 0 Å². The maximum atomic E-state index is 3.63. The number of hydrogen-bond donors (Lipinski definition) is 0. The lowest BCUT2D eigenvalue weighted by Crippen LogP contribution is -1.87. The predicted octanol–water partition coefficient (Wildman–Crippen LogP) is 6.22. The molecule has 0 spiro atoms. The number of benzene rings is 2. The standard InChI is InChI=1S/C13H16.C8H8/c1-11-6-5-9-13(11)10-12-7-3-2-4-8-12;1-2-8-6-4-3-5-7-8/h2-4,7-8,10-11H,5-6,9H2,1H3;2-7H,1H2. The van der Waals surface area contributed by atoms with Gasteiger partial charge in [-0.1, -0.05) is 91.9 Å². The maximum absolute atomic E-state index is 3.63. The van der Waals surface area contributed by atoms with E-state index in [1.807, 2.05) is 36.4 Å². The van der Waals surface area contributed by atoms with E-state index in [-0.39, 0.29) is 0 Å². The molecule has 1 saturated carbocycles. The van der Waals surface area contributed by atoms with Gasteiger partial charge in [-0.25, -0.2) is 0 Å². The average molecular weight is 276 g/mol. The Morgan fingerprint density at radius 2 is 1.48 bits per heavy atom. The molecule has 0 aliphatic heterocycles. The Morgan fingerprint density at radius 3 is 1.90 bits per heavy atom. The summed E-state index contributed by atoms with van der Waals surface area (Å²) in [7, 11) is 0. The Bertz CT molecular complexity index is 564. The minimum atomic E-state index is 0.806. The Morgan fingerprint density at radius 1 is 0.905 bits per heavy atom. The van der Waals surface area contributed by atoms with Gasteiger partial charge in [0.1, 0.15) is 0 Å². The molecule has 0 heteroatoms. The van der Waals surface area contributed by atoms with E-state index < -0.39 is 0 Å². The van der Waals surface area contributed by atoms with E-state index in [1.54, 1.807) is 5.57 Å². The molecule has 0 nitrogen and oxygen atoms in total. The molecular weight excluding hydrogens is 252 g/mol. The van der Waals surface area contributed by atoms with Gasteiger partial charge in [-0.15, -0.1) is 0 Å². The molecule has 0 amide bonds. The van der Waals surface area contributed by atoms with Gasteiger partial charge in [0.2, 0.25) is 0 Å². The molecule has 0 aromatic heterocycles. The van der Waals surface area contributed by atoms with Gasteiger partial charge in [0.25, 0.3) is 0 Å². The maximum Gasteiger partial charge on any atom is -0.0228 e. The van der Waals surface area contributed by atoms with Crippen molar-refractivity contribution >= 4 is 12.2 Å². The summed E-state index contributed by atoms with van der Waals surface area (Å²) in [5.74, 6) is 0.806. The zero-order valence-corrected chi connectivity index (χ0v) is 12.8. The molecule has 21 heavy (non-hydrogen) atoms. The monoisotopic (exact) mass is 276 g/mol. The first-order valence-corrected chi connectivity index (χ1v) is 7.72. The van der Waals surface area contributed by atoms with Crippen molar-refractivity contribution in [2.75, 3.05) is 0 Å². The van der Waals surface area contributed by atoms with Crippen LogP contribution < -0.4 is 0 Å². The van der Waals surface area contributed by atoms with Crippen LogP contribution in [0.3, 0.4) is 0 Å². The minimum absolute atomic E-state index is 0.806. The molecule has 108 valence electrons. The molecule has 0 heterocycles. The zero-order valence-electron chi connectivity index (χ0n) is 12.8. The van der Waals surface area contributed by atoms with Crippen LogP contribution in [0.2, 0.25) is 0 Å². The van der Waals surface area contributed by atoms with Gasteiger partial charge in [0, 0.05) is 0 Å². The number of hydrogen-bond acceptors (Lipinski definition) is 0. The Hall–Kier alpha value is -2.08. The zero-order chi connectivity index (χ0) is 14.9. The summed E-state index contributed by atoms with van der Waals surface area (Å²) >= 11 is 0. The molecule has 3 rings (SSSR count). The van der Waals surface area contributed by atoms with E-state index in [4.69, 9.17) is 0 Å². The Kier molecular flexibility index (Phi) is 6.02. The van der Waals surface area contributed by atoms with Crippen molar-refractivity contribution in [2.24, 2.45) is 5.92 Å². The third-order valence-electron chi connectivity index (χ3n) is 3.92. The molecule has 2 aromatic carbocycles. The van der Waals surface area contributed by atoms with Crippen molar-refractivity contribution in [1.82, 2.24) is 0 Å². The van der Waals surface area contributed by atoms with E-state index in [9.17, 15) is 0 Å². The minimum Gasteiger partial charge on any atom is -0.0985 e. The highest BCUT2D eigenvalue weighted by Crippen LogP contribution is 2.31. The Balaban J connectivity index is 0.000000173. The second-order valence-corrected chi connectivity index (χ2v) is 5.54. The van der Waals surface area contributed by atoms with E-state index in [0.29, 0.717) is 0 Å². The summed E-state index contributed by atoms with van der Waals surface area (Å²) in [5, 5.41) is 0. The molecule has 0 radical (unpaired) electrons. The van der Waals surface area contributed by atoms with E-state index >= 15 is 0 Å². The molecule has 2 aromatic rings. The SMILES string of the molecule is C=Cc1ccccc1.CC1CCCC1=Cc1ccccc1. The van der Waals surface area contributed by atoms with Gasteiger partial charge in [-0.3, -0.25) is 0 Å². The molecule has 1 atom stereocenters. The second-order valence-electron chi connectivity index (χ2n) is 5.54. The van der Waals surface area contributed by atoms with Crippen molar-refractivity contribution in [3.8, 4) is 0 Å². The van der Waals surface area contributed by atoms with Crippen LogP contribution in [0.25, 0.3) is 12.2 Å². The summed E-state index contributed by atoms with van der Waals surface area (Å²) in [5.41, 5.74) is 4.16. The summed E-state index contributed by atoms with van der Waals surface area (Å²) < 4.78 is 0. The fourth-order valence-corrected chi connectivity index (χ4v) is 2.61. The van der Waals surface area contributed by atoms with Gasteiger partial charge in [-0.05, 0) is 36.3 Å². The van der Waals surface area contributed by atoms with Gasteiger partial charge >= 0.3 is 0 Å². The molecule has 1 unspecified atom stereocenters. The topological polar surface area (TPSA) is 0 Å². The highest BCUT2D eigenvalue weighted by atomic mass is 14.2. The fourth-order valence-electron chi connectivity index (χ4n) is 2.61. The number of allylic oxidation sites excluding steroid dienone is 1. The smallest absolute Gasteiger partial charge is 0.0228 e. The highest BCUT2D eigenvalue weighted by Gasteiger charge is 2.15. The van der Waals surface area contributed by atoms with Crippen LogP contribution in [0.4, 0.5) is 0 Å². The van der Waals surface area contributed by atoms with Crippen LogP contribution >= 0.6 is 0 Å². The van der Waals surface area contributed by atoms with Crippen molar-refractivity contribution in [2.45, 2.75) is 26.2 Å². The van der Waals surface area contributed by atoms with Crippen LogP contribution in [0.15, 0.2) is 72.8 Å². The highest BCUT2D eigenvalue weighted by molar-refractivity contribution is 5.53. The molecule has 1 fully saturated rings. The first-order chi connectivity index (χ1) is 10.3. The molecule has 1 aliphatic rings. The van der Waals surface area contributed by atoms with E-state index in [2.05, 4.69) is 49.9 Å². The Labute approximate surface area is 128 Å². The number of rotatable bonds is 2. The van der Waals surface area contributed by atoms with Gasteiger partial charge in [-0.2, -0.15) is 0 Å². The van der Waals surface area contributed by atoms with Crippen LogP contribution in [0.5, 0.6) is 0 Å². The van der Waals surface area contributed by atoms with Crippen LogP contribution in [0.1, 0.15) is 37.3 Å². The normalized spacial score (nSPS) is 18.9. The first-order valence-electron chi connectivity index (χ1n) is 7.72. The fraction of sp³-hybridized carbons (Fsp3) is 0.238.